The smallest absolute Gasteiger partial charge is 0.164 e. The summed E-state index contributed by atoms with van der Waals surface area (Å²) in [6.07, 6.45) is 0. The molecule has 0 N–H and O–H groups in total. The van der Waals surface area contributed by atoms with Gasteiger partial charge in [0.15, 0.2) is 17.5 Å². The first-order valence-electron chi connectivity index (χ1n) is 19.1. The van der Waals surface area contributed by atoms with Crippen LogP contribution in [0.25, 0.3) is 111 Å². The van der Waals surface area contributed by atoms with Crippen LogP contribution in [0.1, 0.15) is 0 Å². The van der Waals surface area contributed by atoms with Crippen molar-refractivity contribution in [1.82, 2.24) is 19.9 Å². The third kappa shape index (κ3) is 5.72. The van der Waals surface area contributed by atoms with Crippen molar-refractivity contribution < 1.29 is 4.42 Å². The maximum Gasteiger partial charge on any atom is 0.164 e. The predicted molar refractivity (Wildman–Crippen MR) is 233 cm³/mol. The molecule has 0 aliphatic rings. The van der Waals surface area contributed by atoms with Gasteiger partial charge in [-0.25, -0.2) is 19.9 Å². The first-order chi connectivity index (χ1) is 28.2. The minimum atomic E-state index is 0.607. The summed E-state index contributed by atoms with van der Waals surface area (Å²) < 4.78 is 6.64. The van der Waals surface area contributed by atoms with E-state index in [0.717, 1.165) is 82.7 Å². The van der Waals surface area contributed by atoms with Gasteiger partial charge in [-0.2, -0.15) is 0 Å². The van der Waals surface area contributed by atoms with Crippen molar-refractivity contribution in [2.24, 2.45) is 0 Å². The average Bonchev–Trinajstić information content (AvgIpc) is 3.67. The lowest BCUT2D eigenvalue weighted by Gasteiger charge is -2.16. The molecule has 3 heterocycles. The highest BCUT2D eigenvalue weighted by Crippen LogP contribution is 2.46. The molecule has 57 heavy (non-hydrogen) atoms. The Morgan fingerprint density at radius 3 is 1.39 bits per heavy atom. The Bertz CT molecular complexity index is 3190. The highest BCUT2D eigenvalue weighted by atomic mass is 16.3. The fraction of sp³-hybridized carbons (Fsp3) is 0. The number of aromatic nitrogens is 4. The molecule has 11 rings (SSSR count). The number of pyridine rings is 1. The van der Waals surface area contributed by atoms with E-state index in [1.54, 1.807) is 0 Å². The Morgan fingerprint density at radius 2 is 0.754 bits per heavy atom. The molecule has 0 radical (unpaired) electrons. The summed E-state index contributed by atoms with van der Waals surface area (Å²) in [5.41, 5.74) is 11.8. The maximum absolute atomic E-state index is 6.64. The molecule has 8 aromatic carbocycles. The monoisotopic (exact) mass is 728 g/mol. The molecular formula is C52H32N4O. The standard InChI is InChI=1S/C52H32N4O/c1-4-14-33(15-5-1)34-24-26-35(27-25-34)46-47-40-20-10-12-22-43(40)53-49(42(47)32-45-48(46)41-21-11-13-23-44(41)57-45)36-28-30-39(31-29-36)52-55-50(37-16-6-2-7-17-37)54-51(56-52)38-18-8-3-9-19-38/h1-32H. The lowest BCUT2D eigenvalue weighted by molar-refractivity contribution is 0.669. The van der Waals surface area contributed by atoms with Gasteiger partial charge in [0.25, 0.3) is 0 Å². The summed E-state index contributed by atoms with van der Waals surface area (Å²) in [6, 6.07) is 66.9. The van der Waals surface area contributed by atoms with Gasteiger partial charge in [0, 0.05) is 54.7 Å². The topological polar surface area (TPSA) is 64.7 Å². The molecule has 0 bridgehead atoms. The molecule has 3 aromatic heterocycles. The molecule has 0 spiro atoms. The van der Waals surface area contributed by atoms with E-state index in [0.29, 0.717) is 17.5 Å². The van der Waals surface area contributed by atoms with Crippen LogP contribution < -0.4 is 0 Å². The van der Waals surface area contributed by atoms with Gasteiger partial charge < -0.3 is 4.42 Å². The number of fused-ring (bicyclic) bond motifs is 6. The molecule has 5 nitrogen and oxygen atoms in total. The highest BCUT2D eigenvalue weighted by molar-refractivity contribution is 6.27. The zero-order chi connectivity index (χ0) is 37.7. The van der Waals surface area contributed by atoms with Crippen LogP contribution in [0.4, 0.5) is 0 Å². The van der Waals surface area contributed by atoms with Crippen LogP contribution >= 0.6 is 0 Å². The predicted octanol–water partition coefficient (Wildman–Crippen LogP) is 13.5. The first kappa shape index (κ1) is 32.7. The summed E-state index contributed by atoms with van der Waals surface area (Å²) in [6.45, 7) is 0. The Balaban J connectivity index is 1.12. The van der Waals surface area contributed by atoms with Gasteiger partial charge in [-0.15, -0.1) is 0 Å². The number of benzene rings is 8. The van der Waals surface area contributed by atoms with Crippen molar-refractivity contribution in [3.8, 4) is 67.7 Å². The number of furan rings is 1. The van der Waals surface area contributed by atoms with Gasteiger partial charge in [0.1, 0.15) is 11.2 Å². The normalized spacial score (nSPS) is 11.5. The summed E-state index contributed by atoms with van der Waals surface area (Å²) in [4.78, 5) is 20.2. The third-order valence-electron chi connectivity index (χ3n) is 10.7. The van der Waals surface area contributed by atoms with Crippen molar-refractivity contribution in [3.05, 3.63) is 194 Å². The largest absolute Gasteiger partial charge is 0.456 e. The molecule has 11 aromatic rings. The Labute approximate surface area is 328 Å². The number of rotatable bonds is 6. The van der Waals surface area contributed by atoms with Crippen molar-refractivity contribution in [1.29, 1.82) is 0 Å². The molecule has 0 unspecified atom stereocenters. The van der Waals surface area contributed by atoms with Crippen molar-refractivity contribution in [2.75, 3.05) is 0 Å². The van der Waals surface area contributed by atoms with E-state index in [-0.39, 0.29) is 0 Å². The molecule has 0 aliphatic carbocycles. The molecule has 0 saturated heterocycles. The summed E-state index contributed by atoms with van der Waals surface area (Å²) >= 11 is 0. The van der Waals surface area contributed by atoms with Crippen molar-refractivity contribution >= 4 is 43.6 Å². The molecule has 0 amide bonds. The SMILES string of the molecule is c1ccc(-c2ccc(-c3c4c(cc5c(-c6ccc(-c7nc(-c8ccccc8)nc(-c8ccccc8)n7)cc6)nc6ccccc6c35)oc3ccccc34)cc2)cc1. The van der Waals surface area contributed by atoms with Gasteiger partial charge in [0.2, 0.25) is 0 Å². The van der Waals surface area contributed by atoms with Crippen LogP contribution in [0.15, 0.2) is 199 Å². The zero-order valence-electron chi connectivity index (χ0n) is 30.7. The molecular weight excluding hydrogens is 697 g/mol. The van der Waals surface area contributed by atoms with Gasteiger partial charge in [0.05, 0.1) is 11.2 Å². The zero-order valence-corrected chi connectivity index (χ0v) is 30.7. The number of hydrogen-bond acceptors (Lipinski definition) is 5. The molecule has 0 atom stereocenters. The minimum Gasteiger partial charge on any atom is -0.456 e. The fourth-order valence-corrected chi connectivity index (χ4v) is 8.00. The summed E-state index contributed by atoms with van der Waals surface area (Å²) in [5.74, 6) is 1.87. The highest BCUT2D eigenvalue weighted by Gasteiger charge is 2.22. The van der Waals surface area contributed by atoms with E-state index in [2.05, 4.69) is 121 Å². The number of nitrogens with zero attached hydrogens (tertiary/aromatic N) is 4. The van der Waals surface area contributed by atoms with E-state index >= 15 is 0 Å². The second-order valence-electron chi connectivity index (χ2n) is 14.2. The number of para-hydroxylation sites is 2. The Hall–Kier alpha value is -7.76. The van der Waals surface area contributed by atoms with E-state index in [9.17, 15) is 0 Å². The second kappa shape index (κ2) is 13.5. The molecule has 0 fully saturated rings. The number of hydrogen-bond donors (Lipinski definition) is 0. The van der Waals surface area contributed by atoms with Crippen LogP contribution in [-0.4, -0.2) is 19.9 Å². The van der Waals surface area contributed by atoms with E-state index < -0.39 is 0 Å². The second-order valence-corrected chi connectivity index (χ2v) is 14.2. The molecule has 0 aliphatic heterocycles. The molecule has 266 valence electrons. The quantitative estimate of drug-likeness (QED) is 0.160. The van der Waals surface area contributed by atoms with Crippen molar-refractivity contribution in [2.45, 2.75) is 0 Å². The van der Waals surface area contributed by atoms with E-state index in [1.807, 2.05) is 72.8 Å². The maximum atomic E-state index is 6.64. The fourth-order valence-electron chi connectivity index (χ4n) is 8.00. The van der Waals surface area contributed by atoms with Gasteiger partial charge >= 0.3 is 0 Å². The van der Waals surface area contributed by atoms with E-state index in [4.69, 9.17) is 24.4 Å². The minimum absolute atomic E-state index is 0.607. The van der Waals surface area contributed by atoms with Gasteiger partial charge in [-0.3, -0.25) is 0 Å². The van der Waals surface area contributed by atoms with Crippen LogP contribution in [0, 0.1) is 0 Å². The van der Waals surface area contributed by atoms with Crippen molar-refractivity contribution in [3.63, 3.8) is 0 Å². The average molecular weight is 729 g/mol. The molecule has 0 saturated carbocycles. The first-order valence-corrected chi connectivity index (χ1v) is 19.1. The van der Waals surface area contributed by atoms with Crippen LogP contribution in [-0.2, 0) is 0 Å². The van der Waals surface area contributed by atoms with Gasteiger partial charge in [-0.05, 0) is 34.9 Å². The van der Waals surface area contributed by atoms with Gasteiger partial charge in [-0.1, -0.05) is 176 Å². The Kier molecular flexibility index (Phi) is 7.74. The molecule has 5 heteroatoms. The van der Waals surface area contributed by atoms with Crippen LogP contribution in [0.5, 0.6) is 0 Å². The van der Waals surface area contributed by atoms with E-state index in [1.165, 1.54) is 11.1 Å². The van der Waals surface area contributed by atoms with Crippen LogP contribution in [0.3, 0.4) is 0 Å². The lowest BCUT2D eigenvalue weighted by atomic mass is 9.89. The summed E-state index contributed by atoms with van der Waals surface area (Å²) in [5, 5.41) is 5.44. The Morgan fingerprint density at radius 1 is 0.298 bits per heavy atom. The lowest BCUT2D eigenvalue weighted by Crippen LogP contribution is -2.00. The van der Waals surface area contributed by atoms with Crippen LogP contribution in [0.2, 0.25) is 0 Å². The third-order valence-corrected chi connectivity index (χ3v) is 10.7. The summed E-state index contributed by atoms with van der Waals surface area (Å²) in [7, 11) is 0.